The average Bonchev–Trinajstić information content (AvgIpc) is 3.54. The van der Waals surface area contributed by atoms with Gasteiger partial charge in [-0.05, 0) is 43.5 Å². The average molecular weight is 431 g/mol. The summed E-state index contributed by atoms with van der Waals surface area (Å²) >= 11 is 0. The molecule has 7 heteroatoms. The summed E-state index contributed by atoms with van der Waals surface area (Å²) in [6.07, 6.45) is 3.19. The van der Waals surface area contributed by atoms with Crippen LogP contribution in [0.1, 0.15) is 25.7 Å². The van der Waals surface area contributed by atoms with Crippen LogP contribution in [0.5, 0.6) is 5.75 Å². The molecule has 7 nitrogen and oxygen atoms in total. The molecule has 0 bridgehead atoms. The van der Waals surface area contributed by atoms with Crippen molar-refractivity contribution in [1.82, 2.24) is 14.8 Å². The lowest BCUT2D eigenvalue weighted by Gasteiger charge is -2.25. The Bertz CT molecular complexity index is 1120. The number of amides is 1. The first-order valence-corrected chi connectivity index (χ1v) is 11.2. The van der Waals surface area contributed by atoms with Gasteiger partial charge in [0.25, 0.3) is 0 Å². The van der Waals surface area contributed by atoms with Crippen LogP contribution in [-0.4, -0.2) is 59.0 Å². The van der Waals surface area contributed by atoms with Crippen LogP contribution in [0.2, 0.25) is 0 Å². The van der Waals surface area contributed by atoms with Crippen LogP contribution in [0.3, 0.4) is 0 Å². The number of benzene rings is 2. The Morgan fingerprint density at radius 1 is 1.16 bits per heavy atom. The molecule has 0 saturated carbocycles. The monoisotopic (exact) mass is 430 g/mol. The van der Waals surface area contributed by atoms with Gasteiger partial charge in [-0.2, -0.15) is 5.26 Å². The largest absolute Gasteiger partial charge is 0.488 e. The number of carbonyl (C=O) groups excluding carboxylic acids is 1. The lowest BCUT2D eigenvalue weighted by Crippen LogP contribution is -2.42. The normalized spacial score (nSPS) is 21.2. The number of hydrogen-bond acceptors (Lipinski definition) is 6. The zero-order chi connectivity index (χ0) is 21.9. The highest BCUT2D eigenvalue weighted by atomic mass is 16.5. The Kier molecular flexibility index (Phi) is 5.78. The summed E-state index contributed by atoms with van der Waals surface area (Å²) < 4.78 is 12.3. The molecule has 0 radical (unpaired) electrons. The maximum atomic E-state index is 12.8. The summed E-state index contributed by atoms with van der Waals surface area (Å²) in [4.78, 5) is 21.4. The van der Waals surface area contributed by atoms with E-state index in [1.54, 1.807) is 0 Å². The van der Waals surface area contributed by atoms with Crippen LogP contribution >= 0.6 is 0 Å². The highest BCUT2D eigenvalue weighted by Crippen LogP contribution is 2.33. The van der Waals surface area contributed by atoms with Crippen molar-refractivity contribution in [1.29, 1.82) is 5.26 Å². The van der Waals surface area contributed by atoms with E-state index in [4.69, 9.17) is 14.4 Å². The molecular formula is C25H26N4O3. The molecule has 1 aromatic heterocycles. The molecule has 3 aromatic rings. The topological polar surface area (TPSA) is 82.6 Å². The van der Waals surface area contributed by atoms with E-state index in [1.807, 2.05) is 53.4 Å². The quantitative estimate of drug-likeness (QED) is 0.591. The highest BCUT2D eigenvalue weighted by Gasteiger charge is 2.32. The molecule has 2 aromatic carbocycles. The first kappa shape index (κ1) is 20.5. The SMILES string of the molecule is N#CC[C@@H]1CCCN1C(=O)CN1CC[C@H](Oc2ccccc2-c2nc3ccccc3o2)C1. The number of nitrogens with zero attached hydrogens (tertiary/aromatic N) is 4. The standard InChI is InChI=1S/C25H26N4O3/c26-13-11-18-6-5-14-29(18)24(30)17-28-15-12-19(16-28)31-22-9-3-1-7-20(22)25-27-21-8-2-4-10-23(21)32-25/h1-4,7-10,18-19H,5-6,11-12,14-17H2/t18-,19-/m0/s1. The Balaban J connectivity index is 1.24. The fraction of sp³-hybridized carbons (Fsp3) is 0.400. The van der Waals surface area contributed by atoms with Gasteiger partial charge in [0.2, 0.25) is 11.8 Å². The fourth-order valence-corrected chi connectivity index (χ4v) is 4.71. The zero-order valence-electron chi connectivity index (χ0n) is 17.9. The van der Waals surface area contributed by atoms with Gasteiger partial charge in [-0.3, -0.25) is 9.69 Å². The van der Waals surface area contributed by atoms with Crippen LogP contribution in [-0.2, 0) is 4.79 Å². The predicted octanol–water partition coefficient (Wildman–Crippen LogP) is 3.85. The molecule has 2 aliphatic rings. The molecule has 2 atom stereocenters. The fourth-order valence-electron chi connectivity index (χ4n) is 4.71. The van der Waals surface area contributed by atoms with Gasteiger partial charge >= 0.3 is 0 Å². The second-order valence-electron chi connectivity index (χ2n) is 8.49. The third-order valence-corrected chi connectivity index (χ3v) is 6.32. The summed E-state index contributed by atoms with van der Waals surface area (Å²) in [5.41, 5.74) is 2.40. The number of nitriles is 1. The summed E-state index contributed by atoms with van der Waals surface area (Å²) in [7, 11) is 0. The van der Waals surface area contributed by atoms with Gasteiger partial charge < -0.3 is 14.1 Å². The third-order valence-electron chi connectivity index (χ3n) is 6.32. The van der Waals surface area contributed by atoms with Gasteiger partial charge in [0.1, 0.15) is 17.4 Å². The number of fused-ring (bicyclic) bond motifs is 1. The number of likely N-dealkylation sites (tertiary alicyclic amines) is 2. The lowest BCUT2D eigenvalue weighted by molar-refractivity contribution is -0.132. The van der Waals surface area contributed by atoms with E-state index in [9.17, 15) is 4.79 Å². The molecule has 2 fully saturated rings. The Morgan fingerprint density at radius 2 is 2.00 bits per heavy atom. The van der Waals surface area contributed by atoms with Crippen LogP contribution in [0.15, 0.2) is 52.9 Å². The van der Waals surface area contributed by atoms with Gasteiger partial charge in [-0.1, -0.05) is 24.3 Å². The van der Waals surface area contributed by atoms with Gasteiger partial charge in [0.15, 0.2) is 5.58 Å². The van der Waals surface area contributed by atoms with Crippen LogP contribution < -0.4 is 4.74 Å². The van der Waals surface area contributed by atoms with E-state index in [1.165, 1.54) is 0 Å². The van der Waals surface area contributed by atoms with E-state index >= 15 is 0 Å². The molecular weight excluding hydrogens is 404 g/mol. The van der Waals surface area contributed by atoms with Gasteiger partial charge in [0.05, 0.1) is 24.6 Å². The molecule has 5 rings (SSSR count). The Hall–Kier alpha value is -3.37. The summed E-state index contributed by atoms with van der Waals surface area (Å²) in [6.45, 7) is 2.66. The van der Waals surface area contributed by atoms with E-state index in [-0.39, 0.29) is 18.1 Å². The van der Waals surface area contributed by atoms with Crippen molar-refractivity contribution < 1.29 is 13.9 Å². The van der Waals surface area contributed by atoms with Gasteiger partial charge in [-0.25, -0.2) is 4.98 Å². The smallest absolute Gasteiger partial charge is 0.237 e. The molecule has 2 aliphatic heterocycles. The first-order chi connectivity index (χ1) is 15.7. The number of hydrogen-bond donors (Lipinski definition) is 0. The van der Waals surface area contributed by atoms with Crippen LogP contribution in [0.4, 0.5) is 0 Å². The lowest BCUT2D eigenvalue weighted by atomic mass is 10.1. The van der Waals surface area contributed by atoms with Gasteiger partial charge in [0, 0.05) is 25.7 Å². The molecule has 0 N–H and O–H groups in total. The predicted molar refractivity (Wildman–Crippen MR) is 120 cm³/mol. The first-order valence-electron chi connectivity index (χ1n) is 11.2. The maximum Gasteiger partial charge on any atom is 0.237 e. The number of carbonyl (C=O) groups is 1. The van der Waals surface area contributed by atoms with Crippen molar-refractivity contribution in [3.05, 3.63) is 48.5 Å². The minimum absolute atomic E-state index is 0.00168. The van der Waals surface area contributed by atoms with E-state index in [0.717, 1.165) is 54.8 Å². The van der Waals surface area contributed by atoms with E-state index in [2.05, 4.69) is 16.0 Å². The molecule has 3 heterocycles. The van der Waals surface area contributed by atoms with Crippen molar-refractivity contribution in [2.75, 3.05) is 26.2 Å². The van der Waals surface area contributed by atoms with E-state index < -0.39 is 0 Å². The van der Waals surface area contributed by atoms with Crippen molar-refractivity contribution in [3.8, 4) is 23.3 Å². The van der Waals surface area contributed by atoms with Crippen molar-refractivity contribution >= 4 is 17.0 Å². The molecule has 32 heavy (non-hydrogen) atoms. The molecule has 164 valence electrons. The molecule has 2 saturated heterocycles. The summed E-state index contributed by atoms with van der Waals surface area (Å²) in [6, 6.07) is 17.8. The second-order valence-corrected chi connectivity index (χ2v) is 8.49. The van der Waals surface area contributed by atoms with Crippen molar-refractivity contribution in [2.24, 2.45) is 0 Å². The third kappa shape index (κ3) is 4.19. The maximum absolute atomic E-state index is 12.8. The molecule has 0 unspecified atom stereocenters. The second kappa shape index (κ2) is 9.01. The molecule has 0 aliphatic carbocycles. The number of para-hydroxylation sites is 3. The minimum Gasteiger partial charge on any atom is -0.488 e. The Labute approximate surface area is 187 Å². The minimum atomic E-state index is 0.00168. The van der Waals surface area contributed by atoms with Crippen LogP contribution in [0, 0.1) is 11.3 Å². The summed E-state index contributed by atoms with van der Waals surface area (Å²) in [5, 5.41) is 9.01. The summed E-state index contributed by atoms with van der Waals surface area (Å²) in [5.74, 6) is 1.41. The zero-order valence-corrected chi connectivity index (χ0v) is 17.9. The Morgan fingerprint density at radius 3 is 2.88 bits per heavy atom. The number of ether oxygens (including phenoxy) is 1. The number of oxazole rings is 1. The van der Waals surface area contributed by atoms with Crippen LogP contribution in [0.25, 0.3) is 22.6 Å². The molecule has 1 amide bonds. The van der Waals surface area contributed by atoms with Crippen molar-refractivity contribution in [2.45, 2.75) is 37.8 Å². The number of rotatable bonds is 6. The van der Waals surface area contributed by atoms with Crippen molar-refractivity contribution in [3.63, 3.8) is 0 Å². The van der Waals surface area contributed by atoms with E-state index in [0.29, 0.717) is 25.4 Å². The van der Waals surface area contributed by atoms with Gasteiger partial charge in [-0.15, -0.1) is 0 Å². The highest BCUT2D eigenvalue weighted by molar-refractivity contribution is 5.79. The molecule has 0 spiro atoms. The number of aromatic nitrogens is 1.